The first-order valence-electron chi connectivity index (χ1n) is 4.91. The maximum atomic E-state index is 11.8. The van der Waals surface area contributed by atoms with Crippen LogP contribution in [0.2, 0.25) is 0 Å². The van der Waals surface area contributed by atoms with Crippen molar-refractivity contribution in [3.8, 4) is 0 Å². The first-order valence-corrected chi connectivity index (χ1v) is 5.71. The van der Waals surface area contributed by atoms with Crippen LogP contribution in [0.25, 0.3) is 0 Å². The van der Waals surface area contributed by atoms with Gasteiger partial charge in [0.2, 0.25) is 5.91 Å². The van der Waals surface area contributed by atoms with Crippen molar-refractivity contribution in [2.45, 2.75) is 44.9 Å². The summed E-state index contributed by atoms with van der Waals surface area (Å²) in [6.07, 6.45) is 2.22. The maximum Gasteiger partial charge on any atom is 0.238 e. The highest BCUT2D eigenvalue weighted by molar-refractivity contribution is 9.10. The van der Waals surface area contributed by atoms with Crippen molar-refractivity contribution >= 4 is 21.8 Å². The van der Waals surface area contributed by atoms with Gasteiger partial charge in [0.05, 0.1) is 4.32 Å². The molecular weight excluding hydrogens is 230 g/mol. The predicted octanol–water partition coefficient (Wildman–Crippen LogP) is 2.81. The number of carbonyl (C=O) groups is 1. The standard InChI is InChI=1S/C10H20BrNO/c1-5-7-8-12(6-2)9(13)10(3,4)11/h5-8H2,1-4H3. The monoisotopic (exact) mass is 249 g/mol. The minimum atomic E-state index is -0.420. The number of amides is 1. The molecule has 0 aliphatic heterocycles. The molecule has 0 N–H and O–H groups in total. The van der Waals surface area contributed by atoms with Crippen LogP contribution in [0.1, 0.15) is 40.5 Å². The molecule has 0 heterocycles. The third kappa shape index (κ3) is 4.65. The van der Waals surface area contributed by atoms with E-state index in [-0.39, 0.29) is 5.91 Å². The number of hydrogen-bond acceptors (Lipinski definition) is 1. The Hall–Kier alpha value is -0.0500. The summed E-state index contributed by atoms with van der Waals surface area (Å²) >= 11 is 3.39. The van der Waals surface area contributed by atoms with E-state index in [0.29, 0.717) is 0 Å². The zero-order valence-corrected chi connectivity index (χ0v) is 10.6. The van der Waals surface area contributed by atoms with Gasteiger partial charge in [-0.25, -0.2) is 0 Å². The zero-order valence-electron chi connectivity index (χ0n) is 9.06. The SMILES string of the molecule is CCCCN(CC)C(=O)C(C)(C)Br. The number of hydrogen-bond donors (Lipinski definition) is 0. The molecule has 0 bridgehead atoms. The van der Waals surface area contributed by atoms with E-state index in [4.69, 9.17) is 0 Å². The summed E-state index contributed by atoms with van der Waals surface area (Å²) in [5.74, 6) is 0.184. The van der Waals surface area contributed by atoms with Crippen LogP contribution < -0.4 is 0 Å². The van der Waals surface area contributed by atoms with E-state index in [2.05, 4.69) is 22.9 Å². The fourth-order valence-corrected chi connectivity index (χ4v) is 1.38. The third-order valence-electron chi connectivity index (χ3n) is 1.96. The van der Waals surface area contributed by atoms with E-state index >= 15 is 0 Å². The second kappa shape index (κ2) is 5.63. The molecule has 0 saturated carbocycles. The molecule has 13 heavy (non-hydrogen) atoms. The predicted molar refractivity (Wildman–Crippen MR) is 60.2 cm³/mol. The average molecular weight is 250 g/mol. The molecule has 0 atom stereocenters. The number of alkyl halides is 1. The number of nitrogens with zero attached hydrogens (tertiary/aromatic N) is 1. The Balaban J connectivity index is 4.16. The highest BCUT2D eigenvalue weighted by atomic mass is 79.9. The van der Waals surface area contributed by atoms with Gasteiger partial charge in [-0.3, -0.25) is 4.79 Å². The number of rotatable bonds is 5. The van der Waals surface area contributed by atoms with Gasteiger partial charge in [0.15, 0.2) is 0 Å². The van der Waals surface area contributed by atoms with Gasteiger partial charge in [-0.15, -0.1) is 0 Å². The molecule has 0 aromatic heterocycles. The molecule has 78 valence electrons. The first-order chi connectivity index (χ1) is 5.93. The van der Waals surface area contributed by atoms with Gasteiger partial charge in [0.1, 0.15) is 0 Å². The second-order valence-electron chi connectivity index (χ2n) is 3.71. The van der Waals surface area contributed by atoms with Crippen molar-refractivity contribution in [2.75, 3.05) is 13.1 Å². The molecule has 1 amide bonds. The summed E-state index contributed by atoms with van der Waals surface area (Å²) in [5, 5.41) is 0. The molecule has 0 aliphatic rings. The molecule has 0 aromatic rings. The third-order valence-corrected chi connectivity index (χ3v) is 2.30. The van der Waals surface area contributed by atoms with Crippen LogP contribution in [-0.2, 0) is 4.79 Å². The number of halogens is 1. The summed E-state index contributed by atoms with van der Waals surface area (Å²) in [5.41, 5.74) is 0. The van der Waals surface area contributed by atoms with Crippen molar-refractivity contribution in [3.63, 3.8) is 0 Å². The van der Waals surface area contributed by atoms with E-state index in [1.54, 1.807) is 0 Å². The van der Waals surface area contributed by atoms with Crippen molar-refractivity contribution in [3.05, 3.63) is 0 Å². The van der Waals surface area contributed by atoms with Gasteiger partial charge >= 0.3 is 0 Å². The average Bonchev–Trinajstić information content (AvgIpc) is 2.04. The summed E-state index contributed by atoms with van der Waals surface area (Å²) in [4.78, 5) is 13.7. The van der Waals surface area contributed by atoms with Gasteiger partial charge in [-0.05, 0) is 27.2 Å². The van der Waals surface area contributed by atoms with E-state index in [1.807, 2.05) is 25.7 Å². The Morgan fingerprint density at radius 1 is 1.38 bits per heavy atom. The molecule has 3 heteroatoms. The lowest BCUT2D eigenvalue weighted by Gasteiger charge is -2.27. The van der Waals surface area contributed by atoms with Crippen molar-refractivity contribution < 1.29 is 4.79 Å². The lowest BCUT2D eigenvalue weighted by molar-refractivity contribution is -0.132. The van der Waals surface area contributed by atoms with Crippen molar-refractivity contribution in [1.29, 1.82) is 0 Å². The molecule has 0 saturated heterocycles. The second-order valence-corrected chi connectivity index (χ2v) is 5.69. The smallest absolute Gasteiger partial charge is 0.238 e. The van der Waals surface area contributed by atoms with Gasteiger partial charge in [-0.2, -0.15) is 0 Å². The topological polar surface area (TPSA) is 20.3 Å². The summed E-state index contributed by atoms with van der Waals surface area (Å²) in [7, 11) is 0. The van der Waals surface area contributed by atoms with E-state index < -0.39 is 4.32 Å². The molecular formula is C10H20BrNO. The highest BCUT2D eigenvalue weighted by Crippen LogP contribution is 2.19. The first kappa shape index (κ1) is 12.9. The molecule has 0 unspecified atom stereocenters. The summed E-state index contributed by atoms with van der Waals surface area (Å²) in [6, 6.07) is 0. The summed E-state index contributed by atoms with van der Waals surface area (Å²) < 4.78 is -0.420. The van der Waals surface area contributed by atoms with Crippen LogP contribution in [-0.4, -0.2) is 28.2 Å². The van der Waals surface area contributed by atoms with Gasteiger partial charge in [-0.1, -0.05) is 29.3 Å². The number of carbonyl (C=O) groups excluding carboxylic acids is 1. The Labute approximate surface area is 89.8 Å². The van der Waals surface area contributed by atoms with Crippen molar-refractivity contribution in [1.82, 2.24) is 4.90 Å². The zero-order chi connectivity index (χ0) is 10.5. The van der Waals surface area contributed by atoms with Gasteiger partial charge in [0.25, 0.3) is 0 Å². The quantitative estimate of drug-likeness (QED) is 0.687. The van der Waals surface area contributed by atoms with Gasteiger partial charge in [0, 0.05) is 13.1 Å². The normalized spacial score (nSPS) is 11.5. The largest absolute Gasteiger partial charge is 0.342 e. The molecule has 0 aromatic carbocycles. The van der Waals surface area contributed by atoms with Crippen molar-refractivity contribution in [2.24, 2.45) is 0 Å². The number of unbranched alkanes of at least 4 members (excludes halogenated alkanes) is 1. The van der Waals surface area contributed by atoms with Crippen LogP contribution in [0.3, 0.4) is 0 Å². The fraction of sp³-hybridized carbons (Fsp3) is 0.900. The molecule has 0 spiro atoms. The molecule has 0 radical (unpaired) electrons. The van der Waals surface area contributed by atoms with Crippen LogP contribution in [0, 0.1) is 0 Å². The Morgan fingerprint density at radius 2 is 1.92 bits per heavy atom. The van der Waals surface area contributed by atoms with E-state index in [0.717, 1.165) is 25.9 Å². The van der Waals surface area contributed by atoms with Gasteiger partial charge < -0.3 is 4.90 Å². The van der Waals surface area contributed by atoms with Crippen LogP contribution in [0.5, 0.6) is 0 Å². The Kier molecular flexibility index (Phi) is 5.61. The van der Waals surface area contributed by atoms with E-state index in [1.165, 1.54) is 0 Å². The lowest BCUT2D eigenvalue weighted by atomic mass is 10.1. The minimum Gasteiger partial charge on any atom is -0.342 e. The lowest BCUT2D eigenvalue weighted by Crippen LogP contribution is -2.42. The maximum absolute atomic E-state index is 11.8. The van der Waals surface area contributed by atoms with Crippen LogP contribution in [0.15, 0.2) is 0 Å². The van der Waals surface area contributed by atoms with Crippen LogP contribution >= 0.6 is 15.9 Å². The molecule has 0 rings (SSSR count). The molecule has 2 nitrogen and oxygen atoms in total. The Bertz CT molecular complexity index is 163. The highest BCUT2D eigenvalue weighted by Gasteiger charge is 2.27. The molecule has 0 fully saturated rings. The van der Waals surface area contributed by atoms with Crippen LogP contribution in [0.4, 0.5) is 0 Å². The van der Waals surface area contributed by atoms with E-state index in [9.17, 15) is 4.79 Å². The minimum absolute atomic E-state index is 0.184. The Morgan fingerprint density at radius 3 is 2.23 bits per heavy atom. The summed E-state index contributed by atoms with van der Waals surface area (Å²) in [6.45, 7) is 9.62. The molecule has 0 aliphatic carbocycles. The fourth-order valence-electron chi connectivity index (χ4n) is 1.13.